The second-order valence-corrected chi connectivity index (χ2v) is 5.44. The Hall–Kier alpha value is -1.39. The maximum absolute atomic E-state index is 11.6. The quantitative estimate of drug-likeness (QED) is 0.635. The average molecular weight is 278 g/mol. The molecule has 0 spiro atoms. The summed E-state index contributed by atoms with van der Waals surface area (Å²) >= 11 is 0. The lowest BCUT2D eigenvalue weighted by atomic mass is 9.96. The van der Waals surface area contributed by atoms with E-state index in [9.17, 15) is 9.90 Å². The van der Waals surface area contributed by atoms with Gasteiger partial charge in [-0.1, -0.05) is 37.3 Å². The minimum atomic E-state index is -0.922. The van der Waals surface area contributed by atoms with Crippen LogP contribution < -0.4 is 10.6 Å². The second-order valence-electron chi connectivity index (χ2n) is 5.44. The van der Waals surface area contributed by atoms with Gasteiger partial charge in [-0.05, 0) is 25.8 Å². The first-order valence-electron chi connectivity index (χ1n) is 7.23. The molecule has 0 aliphatic rings. The van der Waals surface area contributed by atoms with Gasteiger partial charge in [0.05, 0.1) is 5.60 Å². The van der Waals surface area contributed by atoms with Crippen LogP contribution in [0.5, 0.6) is 0 Å². The number of rotatable bonds is 8. The molecule has 112 valence electrons. The number of hydrogen-bond acceptors (Lipinski definition) is 3. The second kappa shape index (κ2) is 8.02. The molecule has 1 aromatic carbocycles. The minimum Gasteiger partial charge on any atom is -0.384 e. The molecular weight excluding hydrogens is 252 g/mol. The fourth-order valence-electron chi connectivity index (χ4n) is 1.88. The van der Waals surface area contributed by atoms with Crippen LogP contribution in [0.15, 0.2) is 30.3 Å². The van der Waals surface area contributed by atoms with Crippen molar-refractivity contribution in [3.05, 3.63) is 35.9 Å². The van der Waals surface area contributed by atoms with Crippen molar-refractivity contribution in [3.63, 3.8) is 0 Å². The first-order chi connectivity index (χ1) is 9.45. The molecule has 1 amide bonds. The van der Waals surface area contributed by atoms with E-state index in [0.717, 1.165) is 12.0 Å². The number of aliphatic hydroxyl groups is 1. The van der Waals surface area contributed by atoms with E-state index >= 15 is 0 Å². The molecule has 1 aromatic rings. The van der Waals surface area contributed by atoms with Crippen molar-refractivity contribution in [2.45, 2.75) is 45.3 Å². The summed E-state index contributed by atoms with van der Waals surface area (Å²) in [6.45, 7) is 6.79. The summed E-state index contributed by atoms with van der Waals surface area (Å²) < 4.78 is 0. The van der Waals surface area contributed by atoms with Crippen LogP contribution in [0.25, 0.3) is 0 Å². The summed E-state index contributed by atoms with van der Waals surface area (Å²) in [6, 6.07) is 9.75. The van der Waals surface area contributed by atoms with Gasteiger partial charge in [-0.25, -0.2) is 0 Å². The molecule has 0 heterocycles. The molecule has 4 nitrogen and oxygen atoms in total. The summed E-state index contributed by atoms with van der Waals surface area (Å²) in [6.07, 6.45) is 1.36. The van der Waals surface area contributed by atoms with E-state index in [1.807, 2.05) is 44.2 Å². The molecule has 3 N–H and O–H groups in total. The van der Waals surface area contributed by atoms with Crippen LogP contribution >= 0.6 is 0 Å². The predicted octanol–water partition coefficient (Wildman–Crippen LogP) is 1.79. The number of nitrogens with one attached hydrogen (secondary N) is 2. The third kappa shape index (κ3) is 5.72. The lowest BCUT2D eigenvalue weighted by molar-refractivity contribution is -0.121. The Morgan fingerprint density at radius 3 is 2.60 bits per heavy atom. The standard InChI is InChI=1S/C16H26N2O2/c1-4-13(2)18-15(19)10-11-17-12-16(3,20)14-8-6-5-7-9-14/h5-9,13,17,20H,4,10-12H2,1-3H3,(H,18,19). The van der Waals surface area contributed by atoms with Crippen molar-refractivity contribution in [1.82, 2.24) is 10.6 Å². The van der Waals surface area contributed by atoms with E-state index in [1.165, 1.54) is 0 Å². The Morgan fingerprint density at radius 2 is 2.00 bits per heavy atom. The summed E-state index contributed by atoms with van der Waals surface area (Å²) in [5.41, 5.74) is -0.0504. The Bertz CT molecular complexity index is 404. The zero-order valence-corrected chi connectivity index (χ0v) is 12.6. The maximum Gasteiger partial charge on any atom is 0.221 e. The first kappa shape index (κ1) is 16.7. The van der Waals surface area contributed by atoms with Crippen molar-refractivity contribution in [3.8, 4) is 0 Å². The normalized spacial score (nSPS) is 15.4. The third-order valence-electron chi connectivity index (χ3n) is 3.41. The maximum atomic E-state index is 11.6. The van der Waals surface area contributed by atoms with Gasteiger partial charge in [0.15, 0.2) is 0 Å². The van der Waals surface area contributed by atoms with Crippen molar-refractivity contribution >= 4 is 5.91 Å². The highest BCUT2D eigenvalue weighted by molar-refractivity contribution is 5.76. The van der Waals surface area contributed by atoms with Gasteiger partial charge in [-0.2, -0.15) is 0 Å². The van der Waals surface area contributed by atoms with Crippen LogP contribution in [-0.4, -0.2) is 30.1 Å². The van der Waals surface area contributed by atoms with Gasteiger partial charge in [-0.15, -0.1) is 0 Å². The van der Waals surface area contributed by atoms with E-state index in [4.69, 9.17) is 0 Å². The number of hydrogen-bond donors (Lipinski definition) is 3. The Labute approximate surface area is 121 Å². The number of carbonyl (C=O) groups excluding carboxylic acids is 1. The summed E-state index contributed by atoms with van der Waals surface area (Å²) in [5.74, 6) is 0.0474. The SMILES string of the molecule is CCC(C)NC(=O)CCNCC(C)(O)c1ccccc1. The Kier molecular flexibility index (Phi) is 6.68. The van der Waals surface area contributed by atoms with Crippen molar-refractivity contribution in [2.24, 2.45) is 0 Å². The van der Waals surface area contributed by atoms with Gasteiger partial charge in [0, 0.05) is 25.6 Å². The van der Waals surface area contributed by atoms with E-state index in [0.29, 0.717) is 19.5 Å². The van der Waals surface area contributed by atoms with Gasteiger partial charge in [-0.3, -0.25) is 4.79 Å². The zero-order chi connectivity index (χ0) is 15.0. The molecule has 0 aromatic heterocycles. The lowest BCUT2D eigenvalue weighted by Gasteiger charge is -2.24. The Morgan fingerprint density at radius 1 is 1.35 bits per heavy atom. The highest BCUT2D eigenvalue weighted by Gasteiger charge is 2.21. The summed E-state index contributed by atoms with van der Waals surface area (Å²) in [5, 5.41) is 16.4. The molecule has 2 atom stereocenters. The van der Waals surface area contributed by atoms with Crippen molar-refractivity contribution in [2.75, 3.05) is 13.1 Å². The van der Waals surface area contributed by atoms with E-state index < -0.39 is 5.60 Å². The van der Waals surface area contributed by atoms with E-state index in [2.05, 4.69) is 10.6 Å². The minimum absolute atomic E-state index is 0.0474. The molecular formula is C16H26N2O2. The summed E-state index contributed by atoms with van der Waals surface area (Å²) in [7, 11) is 0. The van der Waals surface area contributed by atoms with Crippen LogP contribution in [0.2, 0.25) is 0 Å². The largest absolute Gasteiger partial charge is 0.384 e. The fraction of sp³-hybridized carbons (Fsp3) is 0.562. The molecule has 1 rings (SSSR count). The van der Waals surface area contributed by atoms with Gasteiger partial charge in [0.25, 0.3) is 0 Å². The monoisotopic (exact) mass is 278 g/mol. The molecule has 2 unspecified atom stereocenters. The molecule has 0 saturated heterocycles. The van der Waals surface area contributed by atoms with E-state index in [-0.39, 0.29) is 11.9 Å². The fourth-order valence-corrected chi connectivity index (χ4v) is 1.88. The van der Waals surface area contributed by atoms with Crippen molar-refractivity contribution < 1.29 is 9.90 Å². The van der Waals surface area contributed by atoms with Gasteiger partial charge >= 0.3 is 0 Å². The molecule has 0 fully saturated rings. The van der Waals surface area contributed by atoms with Crippen LogP contribution in [0.4, 0.5) is 0 Å². The summed E-state index contributed by atoms with van der Waals surface area (Å²) in [4.78, 5) is 11.6. The number of benzene rings is 1. The molecule has 0 bridgehead atoms. The molecule has 0 saturated carbocycles. The van der Waals surface area contributed by atoms with Gasteiger partial charge < -0.3 is 15.7 Å². The van der Waals surface area contributed by atoms with Crippen LogP contribution in [-0.2, 0) is 10.4 Å². The number of carbonyl (C=O) groups is 1. The third-order valence-corrected chi connectivity index (χ3v) is 3.41. The molecule has 20 heavy (non-hydrogen) atoms. The van der Waals surface area contributed by atoms with Gasteiger partial charge in [0.2, 0.25) is 5.91 Å². The lowest BCUT2D eigenvalue weighted by Crippen LogP contribution is -2.38. The predicted molar refractivity (Wildman–Crippen MR) is 81.4 cm³/mol. The smallest absolute Gasteiger partial charge is 0.221 e. The molecule has 0 aliphatic heterocycles. The zero-order valence-electron chi connectivity index (χ0n) is 12.6. The topological polar surface area (TPSA) is 61.4 Å². The van der Waals surface area contributed by atoms with E-state index in [1.54, 1.807) is 6.92 Å². The molecule has 0 radical (unpaired) electrons. The highest BCUT2D eigenvalue weighted by Crippen LogP contribution is 2.18. The average Bonchev–Trinajstić information content (AvgIpc) is 2.44. The van der Waals surface area contributed by atoms with Crippen LogP contribution in [0, 0.1) is 0 Å². The van der Waals surface area contributed by atoms with Crippen LogP contribution in [0.3, 0.4) is 0 Å². The molecule has 0 aliphatic carbocycles. The van der Waals surface area contributed by atoms with Gasteiger partial charge in [0.1, 0.15) is 0 Å². The first-order valence-corrected chi connectivity index (χ1v) is 7.23. The number of amides is 1. The Balaban J connectivity index is 2.29. The van der Waals surface area contributed by atoms with Crippen molar-refractivity contribution in [1.29, 1.82) is 0 Å². The van der Waals surface area contributed by atoms with Crippen LogP contribution in [0.1, 0.15) is 39.2 Å². The highest BCUT2D eigenvalue weighted by atomic mass is 16.3. The molecule has 4 heteroatoms.